The lowest BCUT2D eigenvalue weighted by Crippen LogP contribution is -2.37. The fourth-order valence-electron chi connectivity index (χ4n) is 3.74. The summed E-state index contributed by atoms with van der Waals surface area (Å²) in [5, 5.41) is 0. The monoisotopic (exact) mass is 226 g/mol. The fraction of sp³-hybridized carbons (Fsp3) is 0.529. The van der Waals surface area contributed by atoms with Gasteiger partial charge in [0.15, 0.2) is 0 Å². The van der Waals surface area contributed by atoms with Gasteiger partial charge in [0.25, 0.3) is 0 Å². The molecule has 2 aliphatic rings. The van der Waals surface area contributed by atoms with Crippen LogP contribution >= 0.6 is 0 Å². The Labute approximate surface area is 105 Å². The molecule has 0 nitrogen and oxygen atoms in total. The molecule has 90 valence electrons. The summed E-state index contributed by atoms with van der Waals surface area (Å²) in [6.45, 7) is 7.11. The lowest BCUT2D eigenvalue weighted by atomic mass is 9.57. The van der Waals surface area contributed by atoms with Crippen LogP contribution in [0.15, 0.2) is 30.3 Å². The highest BCUT2D eigenvalue weighted by molar-refractivity contribution is 5.78. The van der Waals surface area contributed by atoms with Gasteiger partial charge in [-0.1, -0.05) is 57.5 Å². The SMILES string of the molecule is CCCC1C=C2c3ccccc3C(C)(C)CC21. The molecule has 0 spiro atoms. The minimum Gasteiger partial charge on any atom is -0.0767 e. The number of benzene rings is 1. The van der Waals surface area contributed by atoms with Gasteiger partial charge in [0.05, 0.1) is 0 Å². The number of hydrogen-bond donors (Lipinski definition) is 0. The van der Waals surface area contributed by atoms with E-state index in [-0.39, 0.29) is 0 Å². The van der Waals surface area contributed by atoms with E-state index in [1.807, 2.05) is 0 Å². The van der Waals surface area contributed by atoms with Gasteiger partial charge >= 0.3 is 0 Å². The molecule has 1 aromatic carbocycles. The molecule has 0 saturated carbocycles. The molecule has 0 radical (unpaired) electrons. The molecule has 0 N–H and O–H groups in total. The summed E-state index contributed by atoms with van der Waals surface area (Å²) < 4.78 is 0. The molecule has 1 aromatic rings. The molecule has 0 fully saturated rings. The van der Waals surface area contributed by atoms with Crippen LogP contribution in [-0.4, -0.2) is 0 Å². The highest BCUT2D eigenvalue weighted by Crippen LogP contribution is 2.54. The van der Waals surface area contributed by atoms with Gasteiger partial charge in [0, 0.05) is 0 Å². The molecule has 0 heterocycles. The van der Waals surface area contributed by atoms with Crippen molar-refractivity contribution in [2.75, 3.05) is 0 Å². The molecule has 0 aromatic heterocycles. The second-order valence-corrected chi connectivity index (χ2v) is 6.31. The van der Waals surface area contributed by atoms with Crippen LogP contribution < -0.4 is 0 Å². The van der Waals surface area contributed by atoms with Crippen LogP contribution in [0.5, 0.6) is 0 Å². The third-order valence-electron chi connectivity index (χ3n) is 4.63. The molecule has 2 unspecified atom stereocenters. The van der Waals surface area contributed by atoms with Crippen LogP contribution in [0.4, 0.5) is 0 Å². The summed E-state index contributed by atoms with van der Waals surface area (Å²) in [5.74, 6) is 1.68. The van der Waals surface area contributed by atoms with E-state index in [1.54, 1.807) is 11.1 Å². The summed E-state index contributed by atoms with van der Waals surface area (Å²) in [5.41, 5.74) is 5.07. The summed E-state index contributed by atoms with van der Waals surface area (Å²) >= 11 is 0. The molecule has 0 bridgehead atoms. The van der Waals surface area contributed by atoms with Crippen LogP contribution in [0.2, 0.25) is 0 Å². The van der Waals surface area contributed by atoms with Gasteiger partial charge in [-0.15, -0.1) is 0 Å². The second kappa shape index (κ2) is 3.73. The van der Waals surface area contributed by atoms with E-state index in [0.717, 1.165) is 11.8 Å². The first-order valence-electron chi connectivity index (χ1n) is 6.95. The standard InChI is InChI=1S/C17H22/c1-4-7-12-10-14-13-8-5-6-9-16(13)17(2,3)11-15(12)14/h5-6,8-10,12,15H,4,7,11H2,1-3H3. The zero-order valence-electron chi connectivity index (χ0n) is 11.2. The molecule has 2 atom stereocenters. The Morgan fingerprint density at radius 1 is 1.24 bits per heavy atom. The van der Waals surface area contributed by atoms with E-state index in [2.05, 4.69) is 51.1 Å². The normalized spacial score (nSPS) is 28.8. The molecule has 0 amide bonds. The maximum absolute atomic E-state index is 2.53. The Morgan fingerprint density at radius 2 is 2.00 bits per heavy atom. The predicted molar refractivity (Wildman–Crippen MR) is 74.0 cm³/mol. The minimum absolute atomic E-state index is 0.352. The Morgan fingerprint density at radius 3 is 2.76 bits per heavy atom. The second-order valence-electron chi connectivity index (χ2n) is 6.31. The van der Waals surface area contributed by atoms with Crippen LogP contribution in [0.3, 0.4) is 0 Å². The van der Waals surface area contributed by atoms with Gasteiger partial charge in [0.1, 0.15) is 0 Å². The van der Waals surface area contributed by atoms with Crippen molar-refractivity contribution in [1.29, 1.82) is 0 Å². The van der Waals surface area contributed by atoms with Crippen LogP contribution in [0, 0.1) is 11.8 Å². The maximum Gasteiger partial charge on any atom is -0.00875 e. The Bertz CT molecular complexity index is 465. The Kier molecular flexibility index (Phi) is 2.43. The third kappa shape index (κ3) is 1.57. The number of allylic oxidation sites excluding steroid dienone is 2. The van der Waals surface area contributed by atoms with E-state index < -0.39 is 0 Å². The molecule has 0 saturated heterocycles. The first kappa shape index (κ1) is 11.1. The molecule has 3 rings (SSSR count). The predicted octanol–water partition coefficient (Wildman–Crippen LogP) is 4.80. The van der Waals surface area contributed by atoms with Crippen molar-refractivity contribution in [2.24, 2.45) is 11.8 Å². The molecule has 17 heavy (non-hydrogen) atoms. The van der Waals surface area contributed by atoms with E-state index in [0.29, 0.717) is 5.41 Å². The molecular formula is C17H22. The number of rotatable bonds is 2. The average molecular weight is 226 g/mol. The molecule has 2 aliphatic carbocycles. The van der Waals surface area contributed by atoms with Crippen LogP contribution in [-0.2, 0) is 5.41 Å². The minimum atomic E-state index is 0.352. The van der Waals surface area contributed by atoms with Crippen molar-refractivity contribution in [3.63, 3.8) is 0 Å². The fourth-order valence-corrected chi connectivity index (χ4v) is 3.74. The maximum atomic E-state index is 2.53. The first-order valence-corrected chi connectivity index (χ1v) is 6.95. The van der Waals surface area contributed by atoms with Crippen molar-refractivity contribution < 1.29 is 0 Å². The largest absolute Gasteiger partial charge is 0.0767 e. The van der Waals surface area contributed by atoms with Gasteiger partial charge in [-0.3, -0.25) is 0 Å². The summed E-state index contributed by atoms with van der Waals surface area (Å²) in [4.78, 5) is 0. The van der Waals surface area contributed by atoms with E-state index >= 15 is 0 Å². The average Bonchev–Trinajstić information content (AvgIpc) is 2.30. The highest BCUT2D eigenvalue weighted by atomic mass is 14.5. The quantitative estimate of drug-likeness (QED) is 0.679. The number of hydrogen-bond acceptors (Lipinski definition) is 0. The first-order chi connectivity index (χ1) is 8.13. The van der Waals surface area contributed by atoms with Gasteiger partial charge in [-0.05, 0) is 46.8 Å². The third-order valence-corrected chi connectivity index (χ3v) is 4.63. The van der Waals surface area contributed by atoms with E-state index in [1.165, 1.54) is 24.8 Å². The van der Waals surface area contributed by atoms with Gasteiger partial charge in [0.2, 0.25) is 0 Å². The summed E-state index contributed by atoms with van der Waals surface area (Å²) in [7, 11) is 0. The van der Waals surface area contributed by atoms with Crippen molar-refractivity contribution >= 4 is 5.57 Å². The zero-order valence-corrected chi connectivity index (χ0v) is 11.2. The lowest BCUT2D eigenvalue weighted by molar-refractivity contribution is 0.304. The van der Waals surface area contributed by atoms with Crippen molar-refractivity contribution in [3.8, 4) is 0 Å². The Hall–Kier alpha value is -1.04. The van der Waals surface area contributed by atoms with Gasteiger partial charge < -0.3 is 0 Å². The van der Waals surface area contributed by atoms with Crippen molar-refractivity contribution in [2.45, 2.75) is 45.4 Å². The topological polar surface area (TPSA) is 0 Å². The summed E-state index contributed by atoms with van der Waals surface area (Å²) in [6, 6.07) is 9.01. The number of fused-ring (bicyclic) bond motifs is 3. The summed E-state index contributed by atoms with van der Waals surface area (Å²) in [6.07, 6.45) is 6.54. The van der Waals surface area contributed by atoms with E-state index in [4.69, 9.17) is 0 Å². The highest BCUT2D eigenvalue weighted by Gasteiger charge is 2.42. The molecule has 0 heteroatoms. The van der Waals surface area contributed by atoms with Gasteiger partial charge in [-0.2, -0.15) is 0 Å². The van der Waals surface area contributed by atoms with Crippen molar-refractivity contribution in [1.82, 2.24) is 0 Å². The van der Waals surface area contributed by atoms with Gasteiger partial charge in [-0.25, -0.2) is 0 Å². The van der Waals surface area contributed by atoms with E-state index in [9.17, 15) is 0 Å². The van der Waals surface area contributed by atoms with Crippen LogP contribution in [0.1, 0.15) is 51.2 Å². The van der Waals surface area contributed by atoms with Crippen molar-refractivity contribution in [3.05, 3.63) is 41.5 Å². The smallest absolute Gasteiger partial charge is 0.00875 e. The Balaban J connectivity index is 2.04. The molecule has 0 aliphatic heterocycles. The lowest BCUT2D eigenvalue weighted by Gasteiger charge is -2.47. The molecular weight excluding hydrogens is 204 g/mol. The zero-order chi connectivity index (χ0) is 12.0. The van der Waals surface area contributed by atoms with Crippen LogP contribution in [0.25, 0.3) is 5.57 Å².